The number of carbonyl (C=O) groups excluding carboxylic acids is 1. The van der Waals surface area contributed by atoms with Gasteiger partial charge < -0.3 is 9.80 Å². The van der Waals surface area contributed by atoms with E-state index < -0.39 is 0 Å². The van der Waals surface area contributed by atoms with Crippen LogP contribution in [0, 0.1) is 16.0 Å². The Hall–Kier alpha value is -2.90. The number of nitrogens with one attached hydrogen (secondary N) is 1. The van der Waals surface area contributed by atoms with Crippen molar-refractivity contribution in [2.45, 2.75) is 25.7 Å². The van der Waals surface area contributed by atoms with Crippen molar-refractivity contribution in [3.63, 3.8) is 0 Å². The summed E-state index contributed by atoms with van der Waals surface area (Å²) in [5.74, 6) is 0.746. The maximum atomic E-state index is 11.8. The zero-order valence-corrected chi connectivity index (χ0v) is 15.1. The van der Waals surface area contributed by atoms with Crippen LogP contribution >= 0.6 is 0 Å². The monoisotopic (exact) mass is 369 g/mol. The molecule has 8 nitrogen and oxygen atoms in total. The van der Waals surface area contributed by atoms with Crippen LogP contribution in [0.2, 0.25) is 0 Å². The molecule has 2 aliphatic heterocycles. The quantitative estimate of drug-likeness (QED) is 0.646. The zero-order chi connectivity index (χ0) is 18.8. The third-order valence-electron chi connectivity index (χ3n) is 5.61. The number of rotatable bonds is 5. The molecule has 0 bridgehead atoms. The summed E-state index contributed by atoms with van der Waals surface area (Å²) in [6.45, 7) is 3.26. The zero-order valence-electron chi connectivity index (χ0n) is 15.1. The van der Waals surface area contributed by atoms with Gasteiger partial charge in [0.15, 0.2) is 0 Å². The molecule has 2 aromatic rings. The third kappa shape index (κ3) is 3.65. The third-order valence-corrected chi connectivity index (χ3v) is 5.61. The van der Waals surface area contributed by atoms with Crippen LogP contribution in [-0.4, -0.2) is 52.1 Å². The lowest BCUT2D eigenvalue weighted by molar-refractivity contribution is -0.384. The Bertz CT molecular complexity index is 828. The second kappa shape index (κ2) is 7.38. The van der Waals surface area contributed by atoms with E-state index in [0.29, 0.717) is 18.0 Å². The summed E-state index contributed by atoms with van der Waals surface area (Å²) in [6, 6.07) is 5.36. The van der Waals surface area contributed by atoms with Gasteiger partial charge in [0, 0.05) is 50.4 Å². The molecular formula is C19H23N5O3. The average molecular weight is 369 g/mol. The molecule has 0 spiro atoms. The number of nitrogens with zero attached hydrogens (tertiary/aromatic N) is 4. The van der Waals surface area contributed by atoms with Crippen LogP contribution < -0.4 is 4.90 Å². The number of nitro groups is 1. The molecule has 2 fully saturated rings. The first-order valence-electron chi connectivity index (χ1n) is 9.42. The van der Waals surface area contributed by atoms with E-state index in [1.807, 2.05) is 17.0 Å². The number of anilines is 1. The van der Waals surface area contributed by atoms with E-state index in [2.05, 4.69) is 15.1 Å². The maximum absolute atomic E-state index is 11.8. The van der Waals surface area contributed by atoms with Gasteiger partial charge in [0.05, 0.1) is 11.1 Å². The molecule has 27 heavy (non-hydrogen) atoms. The highest BCUT2D eigenvalue weighted by atomic mass is 16.6. The van der Waals surface area contributed by atoms with Crippen LogP contribution in [0.4, 0.5) is 11.4 Å². The SMILES string of the molecule is O=C1CCCN1CC1CCN(c2ccc(-c3cn[nH]c3)cc2[N+](=O)[O-])CC1. The van der Waals surface area contributed by atoms with E-state index in [1.165, 1.54) is 0 Å². The topological polar surface area (TPSA) is 95.4 Å². The van der Waals surface area contributed by atoms with Crippen molar-refractivity contribution >= 4 is 17.3 Å². The average Bonchev–Trinajstić information content (AvgIpc) is 3.34. The van der Waals surface area contributed by atoms with Crippen LogP contribution in [0.25, 0.3) is 11.1 Å². The number of carbonyl (C=O) groups is 1. The fraction of sp³-hybridized carbons (Fsp3) is 0.474. The molecule has 1 aromatic heterocycles. The Kier molecular flexibility index (Phi) is 4.79. The van der Waals surface area contributed by atoms with Crippen molar-refractivity contribution < 1.29 is 9.72 Å². The molecule has 0 atom stereocenters. The van der Waals surface area contributed by atoms with Crippen molar-refractivity contribution in [2.75, 3.05) is 31.1 Å². The lowest BCUT2D eigenvalue weighted by Crippen LogP contribution is -2.39. The standard InChI is InChI=1S/C19H23N5O3/c25-19-2-1-7-23(19)13-14-5-8-22(9-6-14)17-4-3-15(10-18(17)24(26)27)16-11-20-21-12-16/h3-4,10-12,14H,1-2,5-9,13H2,(H,20,21). The normalized spacial score (nSPS) is 18.3. The van der Waals surface area contributed by atoms with Gasteiger partial charge >= 0.3 is 0 Å². The first-order valence-corrected chi connectivity index (χ1v) is 9.42. The molecule has 1 N–H and O–H groups in total. The Labute approximate surface area is 157 Å². The Morgan fingerprint density at radius 3 is 2.67 bits per heavy atom. The molecule has 0 radical (unpaired) electrons. The molecule has 0 unspecified atom stereocenters. The van der Waals surface area contributed by atoms with Crippen molar-refractivity contribution in [2.24, 2.45) is 5.92 Å². The molecule has 1 amide bonds. The lowest BCUT2D eigenvalue weighted by Gasteiger charge is -2.35. The number of amides is 1. The van der Waals surface area contributed by atoms with Gasteiger partial charge in [0.1, 0.15) is 5.69 Å². The minimum atomic E-state index is -0.312. The van der Waals surface area contributed by atoms with Crippen LogP contribution in [0.1, 0.15) is 25.7 Å². The first-order chi connectivity index (χ1) is 13.1. The molecule has 2 aliphatic rings. The van der Waals surface area contributed by atoms with Gasteiger partial charge in [0.2, 0.25) is 5.91 Å². The van der Waals surface area contributed by atoms with Gasteiger partial charge in [-0.05, 0) is 36.8 Å². The fourth-order valence-electron chi connectivity index (χ4n) is 4.09. The number of aromatic nitrogens is 2. The molecule has 8 heteroatoms. The molecular weight excluding hydrogens is 346 g/mol. The number of likely N-dealkylation sites (tertiary alicyclic amines) is 1. The highest BCUT2D eigenvalue weighted by molar-refractivity contribution is 5.78. The number of H-pyrrole nitrogens is 1. The van der Waals surface area contributed by atoms with Gasteiger partial charge in [-0.25, -0.2) is 0 Å². The minimum absolute atomic E-state index is 0.127. The predicted octanol–water partition coefficient (Wildman–Crippen LogP) is 2.82. The summed E-state index contributed by atoms with van der Waals surface area (Å²) in [7, 11) is 0. The van der Waals surface area contributed by atoms with Crippen LogP contribution in [0.15, 0.2) is 30.6 Å². The number of piperidine rings is 1. The Balaban J connectivity index is 1.46. The van der Waals surface area contributed by atoms with Crippen molar-refractivity contribution in [1.29, 1.82) is 0 Å². The summed E-state index contributed by atoms with van der Waals surface area (Å²) < 4.78 is 0. The molecule has 4 rings (SSSR count). The lowest BCUT2D eigenvalue weighted by atomic mass is 9.95. The summed E-state index contributed by atoms with van der Waals surface area (Å²) >= 11 is 0. The Morgan fingerprint density at radius 1 is 1.22 bits per heavy atom. The minimum Gasteiger partial charge on any atom is -0.366 e. The number of nitro benzene ring substituents is 1. The summed E-state index contributed by atoms with van der Waals surface area (Å²) in [5, 5.41) is 18.3. The van der Waals surface area contributed by atoms with Crippen LogP contribution in [0.3, 0.4) is 0 Å². The molecule has 1 aromatic carbocycles. The predicted molar refractivity (Wildman–Crippen MR) is 101 cm³/mol. The van der Waals surface area contributed by atoms with E-state index in [4.69, 9.17) is 0 Å². The van der Waals surface area contributed by atoms with E-state index in [0.717, 1.165) is 56.6 Å². The number of hydrogen-bond donors (Lipinski definition) is 1. The van der Waals surface area contributed by atoms with Gasteiger partial charge in [-0.3, -0.25) is 20.0 Å². The molecule has 2 saturated heterocycles. The van der Waals surface area contributed by atoms with Crippen molar-refractivity contribution in [3.8, 4) is 11.1 Å². The van der Waals surface area contributed by atoms with E-state index >= 15 is 0 Å². The Morgan fingerprint density at radius 2 is 2.04 bits per heavy atom. The van der Waals surface area contributed by atoms with Crippen LogP contribution in [0.5, 0.6) is 0 Å². The van der Waals surface area contributed by atoms with Gasteiger partial charge in [-0.15, -0.1) is 0 Å². The van der Waals surface area contributed by atoms with Crippen molar-refractivity contribution in [1.82, 2.24) is 15.1 Å². The molecule has 0 aliphatic carbocycles. The number of hydrogen-bond acceptors (Lipinski definition) is 5. The number of aromatic amines is 1. The smallest absolute Gasteiger partial charge is 0.293 e. The largest absolute Gasteiger partial charge is 0.366 e. The summed E-state index contributed by atoms with van der Waals surface area (Å²) in [6.07, 6.45) is 6.92. The maximum Gasteiger partial charge on any atom is 0.293 e. The van der Waals surface area contributed by atoms with Gasteiger partial charge in [0.25, 0.3) is 5.69 Å². The molecule has 0 saturated carbocycles. The van der Waals surface area contributed by atoms with E-state index in [9.17, 15) is 14.9 Å². The summed E-state index contributed by atoms with van der Waals surface area (Å²) in [5.41, 5.74) is 2.41. The number of benzene rings is 1. The molecule has 142 valence electrons. The van der Waals surface area contributed by atoms with Crippen LogP contribution in [-0.2, 0) is 4.79 Å². The van der Waals surface area contributed by atoms with Gasteiger partial charge in [-0.2, -0.15) is 5.10 Å². The first kappa shape index (κ1) is 17.5. The summed E-state index contributed by atoms with van der Waals surface area (Å²) in [4.78, 5) is 27.2. The second-order valence-electron chi connectivity index (χ2n) is 7.32. The fourth-order valence-corrected chi connectivity index (χ4v) is 4.09. The molecule has 3 heterocycles. The highest BCUT2D eigenvalue weighted by Crippen LogP contribution is 2.35. The van der Waals surface area contributed by atoms with Crippen molar-refractivity contribution in [3.05, 3.63) is 40.7 Å². The van der Waals surface area contributed by atoms with Gasteiger partial charge in [-0.1, -0.05) is 6.07 Å². The highest BCUT2D eigenvalue weighted by Gasteiger charge is 2.28. The van der Waals surface area contributed by atoms with E-state index in [-0.39, 0.29) is 16.5 Å². The van der Waals surface area contributed by atoms with E-state index in [1.54, 1.807) is 18.5 Å². The second-order valence-corrected chi connectivity index (χ2v) is 7.32.